The fourth-order valence-electron chi connectivity index (χ4n) is 6.09. The number of nitrogens with two attached hydrogens (primary N) is 1. The molecule has 4 nitrogen and oxygen atoms in total. The van der Waals surface area contributed by atoms with Crippen LogP contribution in [0.25, 0.3) is 0 Å². The zero-order valence-corrected chi connectivity index (χ0v) is 18.4. The fraction of sp³-hybridized carbons (Fsp3) is 0.917. The van der Waals surface area contributed by atoms with Crippen LogP contribution in [0.4, 0.5) is 0 Å². The molecule has 0 aromatic carbocycles. The Morgan fingerprint density at radius 3 is 2.39 bits per heavy atom. The molecule has 1 aliphatic heterocycles. The lowest BCUT2D eigenvalue weighted by Gasteiger charge is -2.35. The van der Waals surface area contributed by atoms with Gasteiger partial charge in [0, 0.05) is 7.05 Å². The van der Waals surface area contributed by atoms with Crippen molar-refractivity contribution in [1.29, 1.82) is 0 Å². The molecule has 160 valence electrons. The van der Waals surface area contributed by atoms with Gasteiger partial charge in [-0.3, -0.25) is 9.69 Å². The highest BCUT2D eigenvalue weighted by Gasteiger charge is 2.47. The molecule has 4 heteroatoms. The number of aliphatic imine (C=N–C) groups is 1. The van der Waals surface area contributed by atoms with Crippen LogP contribution in [0, 0.1) is 17.8 Å². The molecule has 0 spiro atoms. The maximum absolute atomic E-state index is 13.2. The van der Waals surface area contributed by atoms with Crippen molar-refractivity contribution in [3.05, 3.63) is 0 Å². The molecule has 0 unspecified atom stereocenters. The summed E-state index contributed by atoms with van der Waals surface area (Å²) in [5, 5.41) is 0. The van der Waals surface area contributed by atoms with Gasteiger partial charge >= 0.3 is 0 Å². The molecular formula is C24H43N3O. The van der Waals surface area contributed by atoms with Gasteiger partial charge in [0.05, 0.1) is 0 Å². The summed E-state index contributed by atoms with van der Waals surface area (Å²) in [7, 11) is 1.80. The molecule has 2 fully saturated rings. The molecule has 1 amide bonds. The van der Waals surface area contributed by atoms with Crippen molar-refractivity contribution in [2.24, 2.45) is 28.5 Å². The van der Waals surface area contributed by atoms with Crippen LogP contribution in [0.2, 0.25) is 0 Å². The van der Waals surface area contributed by atoms with E-state index in [1.165, 1.54) is 83.5 Å². The van der Waals surface area contributed by atoms with Gasteiger partial charge in [-0.15, -0.1) is 0 Å². The summed E-state index contributed by atoms with van der Waals surface area (Å²) in [4.78, 5) is 19.7. The van der Waals surface area contributed by atoms with Crippen molar-refractivity contribution in [3.63, 3.8) is 0 Å². The van der Waals surface area contributed by atoms with E-state index in [0.717, 1.165) is 31.1 Å². The number of rotatable bonds is 9. The first kappa shape index (κ1) is 21.6. The van der Waals surface area contributed by atoms with E-state index >= 15 is 0 Å². The number of unbranched alkanes of at least 4 members (excludes halogenated alkanes) is 2. The molecule has 2 N–H and O–H groups in total. The van der Waals surface area contributed by atoms with E-state index in [1.54, 1.807) is 11.9 Å². The van der Waals surface area contributed by atoms with Gasteiger partial charge < -0.3 is 5.73 Å². The number of likely N-dealkylation sites (N-methyl/N-ethyl adjacent to an activating group) is 1. The molecule has 0 bridgehead atoms. The van der Waals surface area contributed by atoms with Crippen LogP contribution in [0.15, 0.2) is 4.99 Å². The third-order valence-electron chi connectivity index (χ3n) is 7.80. The Bertz CT molecular complexity index is 540. The summed E-state index contributed by atoms with van der Waals surface area (Å²) in [5.74, 6) is 2.88. The van der Waals surface area contributed by atoms with Crippen LogP contribution in [0.3, 0.4) is 0 Å². The maximum Gasteiger partial charge on any atom is 0.257 e. The van der Waals surface area contributed by atoms with Gasteiger partial charge in [0.1, 0.15) is 5.54 Å². The van der Waals surface area contributed by atoms with Gasteiger partial charge in [0.15, 0.2) is 5.96 Å². The van der Waals surface area contributed by atoms with Crippen LogP contribution >= 0.6 is 0 Å². The molecule has 0 aromatic heterocycles. The average Bonchev–Trinajstić information content (AvgIpc) is 2.92. The Hall–Kier alpha value is -1.06. The fourth-order valence-corrected chi connectivity index (χ4v) is 6.09. The highest BCUT2D eigenvalue weighted by molar-refractivity contribution is 6.06. The van der Waals surface area contributed by atoms with E-state index in [-0.39, 0.29) is 5.91 Å². The summed E-state index contributed by atoms with van der Waals surface area (Å²) in [6.07, 6.45) is 20.4. The summed E-state index contributed by atoms with van der Waals surface area (Å²) in [6.45, 7) is 2.28. The van der Waals surface area contributed by atoms with Crippen molar-refractivity contribution in [3.8, 4) is 0 Å². The number of amides is 1. The molecule has 2 aliphatic carbocycles. The first-order valence-electron chi connectivity index (χ1n) is 12.2. The Labute approximate surface area is 172 Å². The van der Waals surface area contributed by atoms with Crippen molar-refractivity contribution in [1.82, 2.24) is 4.90 Å². The molecule has 1 heterocycles. The van der Waals surface area contributed by atoms with E-state index in [9.17, 15) is 4.79 Å². The Morgan fingerprint density at radius 1 is 1.00 bits per heavy atom. The van der Waals surface area contributed by atoms with E-state index < -0.39 is 5.54 Å². The van der Waals surface area contributed by atoms with Gasteiger partial charge in [-0.25, -0.2) is 4.99 Å². The third-order valence-corrected chi connectivity index (χ3v) is 7.80. The van der Waals surface area contributed by atoms with Crippen molar-refractivity contribution in [2.75, 3.05) is 7.05 Å². The first-order chi connectivity index (χ1) is 13.5. The third kappa shape index (κ3) is 5.30. The van der Waals surface area contributed by atoms with Crippen LogP contribution in [0.5, 0.6) is 0 Å². The standard InChI is InChI=1S/C24H43N3O/c1-3-4-6-12-20-13-9-14-21(17-20)18-24(22(28)27(2)23(25)26-24)16-15-19-10-7-5-8-11-19/h19-21H,3-18H2,1-2H3,(H2,25,26)/t20-,21+,24-/m1/s1. The lowest BCUT2D eigenvalue weighted by atomic mass is 9.72. The lowest BCUT2D eigenvalue weighted by molar-refractivity contribution is -0.131. The van der Waals surface area contributed by atoms with Crippen molar-refractivity contribution < 1.29 is 4.79 Å². The van der Waals surface area contributed by atoms with Crippen LogP contribution in [0.1, 0.15) is 110 Å². The second-order valence-corrected chi connectivity index (χ2v) is 10.0. The summed E-state index contributed by atoms with van der Waals surface area (Å²) < 4.78 is 0. The van der Waals surface area contributed by atoms with Crippen LogP contribution in [-0.2, 0) is 4.79 Å². The van der Waals surface area contributed by atoms with Crippen LogP contribution in [-0.4, -0.2) is 29.4 Å². The number of hydrogen-bond acceptors (Lipinski definition) is 3. The quantitative estimate of drug-likeness (QED) is 0.518. The van der Waals surface area contributed by atoms with Gasteiger partial charge in [0.2, 0.25) is 0 Å². The molecule has 3 aliphatic rings. The first-order valence-corrected chi connectivity index (χ1v) is 12.2. The molecule has 0 aromatic rings. The second-order valence-electron chi connectivity index (χ2n) is 10.0. The minimum Gasteiger partial charge on any atom is -0.369 e. The highest BCUT2D eigenvalue weighted by Crippen LogP contribution is 2.42. The van der Waals surface area contributed by atoms with Crippen molar-refractivity contribution in [2.45, 2.75) is 115 Å². The molecule has 3 atom stereocenters. The molecule has 2 saturated carbocycles. The lowest BCUT2D eigenvalue weighted by Crippen LogP contribution is -2.44. The zero-order chi connectivity index (χ0) is 20.0. The van der Waals surface area contributed by atoms with Crippen molar-refractivity contribution >= 4 is 11.9 Å². The smallest absolute Gasteiger partial charge is 0.257 e. The van der Waals surface area contributed by atoms with Gasteiger partial charge in [-0.05, 0) is 43.4 Å². The van der Waals surface area contributed by atoms with E-state index in [1.807, 2.05) is 0 Å². The van der Waals surface area contributed by atoms with E-state index in [2.05, 4.69) is 6.92 Å². The molecule has 0 radical (unpaired) electrons. The Kier molecular flexibility index (Phi) is 7.82. The minimum atomic E-state index is -0.563. The van der Waals surface area contributed by atoms with Crippen LogP contribution < -0.4 is 5.73 Å². The zero-order valence-electron chi connectivity index (χ0n) is 18.4. The van der Waals surface area contributed by atoms with Gasteiger partial charge in [0.25, 0.3) is 5.91 Å². The SMILES string of the molecule is CCCCC[C@@H]1CCC[C@H](C[C@@]2(CCC3CCCCC3)N=C(N)N(C)C2=O)C1. The summed E-state index contributed by atoms with van der Waals surface area (Å²) in [6, 6.07) is 0. The number of hydrogen-bond donors (Lipinski definition) is 1. The second kappa shape index (κ2) is 10.1. The number of guanidine groups is 1. The molecule has 3 rings (SSSR count). The van der Waals surface area contributed by atoms with Gasteiger partial charge in [-0.1, -0.05) is 84.0 Å². The highest BCUT2D eigenvalue weighted by atomic mass is 16.2. The predicted molar refractivity (Wildman–Crippen MR) is 117 cm³/mol. The summed E-state index contributed by atoms with van der Waals surface area (Å²) >= 11 is 0. The maximum atomic E-state index is 13.2. The molecule has 0 saturated heterocycles. The largest absolute Gasteiger partial charge is 0.369 e. The predicted octanol–water partition coefficient (Wildman–Crippen LogP) is 5.65. The Balaban J connectivity index is 1.63. The number of carbonyl (C=O) groups is 1. The monoisotopic (exact) mass is 389 g/mol. The van der Waals surface area contributed by atoms with Gasteiger partial charge in [-0.2, -0.15) is 0 Å². The van der Waals surface area contributed by atoms with E-state index in [4.69, 9.17) is 10.7 Å². The number of carbonyl (C=O) groups excluding carboxylic acids is 1. The average molecular weight is 390 g/mol. The number of nitrogens with zero attached hydrogens (tertiary/aromatic N) is 2. The molecule has 28 heavy (non-hydrogen) atoms. The normalized spacial score (nSPS) is 32.0. The minimum absolute atomic E-state index is 0.161. The molecular weight excluding hydrogens is 346 g/mol. The topological polar surface area (TPSA) is 58.7 Å². The summed E-state index contributed by atoms with van der Waals surface area (Å²) in [5.41, 5.74) is 5.56. The Morgan fingerprint density at radius 2 is 1.71 bits per heavy atom. The van der Waals surface area contributed by atoms with E-state index in [0.29, 0.717) is 11.9 Å².